The molecule has 0 bridgehead atoms. The second-order valence-electron chi connectivity index (χ2n) is 5.10. The number of hydrogen-bond donors (Lipinski definition) is 2. The molecular weight excluding hydrogens is 256 g/mol. The monoisotopic (exact) mass is 272 g/mol. The molecular formula is C15H16N2O3. The third kappa shape index (κ3) is 2.44. The first kappa shape index (κ1) is 12.9. The highest BCUT2D eigenvalue weighted by molar-refractivity contribution is 6.17. The highest BCUT2D eigenvalue weighted by Crippen LogP contribution is 2.40. The number of aliphatic hydroxyl groups excluding tert-OH is 1. The molecule has 1 aromatic carbocycles. The Kier molecular flexibility index (Phi) is 3.28. The van der Waals surface area contributed by atoms with Gasteiger partial charge in [-0.1, -0.05) is 12.1 Å². The molecule has 0 radical (unpaired) electrons. The summed E-state index contributed by atoms with van der Waals surface area (Å²) in [6.45, 7) is -0.200. The number of nitrogens with zero attached hydrogens (tertiary/aromatic N) is 1. The largest absolute Gasteiger partial charge is 0.395 e. The lowest BCUT2D eigenvalue weighted by Crippen LogP contribution is -2.34. The maximum atomic E-state index is 12.0. The van der Waals surface area contributed by atoms with Crippen molar-refractivity contribution in [2.24, 2.45) is 0 Å². The summed E-state index contributed by atoms with van der Waals surface area (Å²) in [7, 11) is 0. The van der Waals surface area contributed by atoms with Crippen LogP contribution in [0.5, 0.6) is 0 Å². The zero-order valence-corrected chi connectivity index (χ0v) is 11.0. The summed E-state index contributed by atoms with van der Waals surface area (Å²) >= 11 is 0. The number of carbonyl (C=O) groups is 2. The van der Waals surface area contributed by atoms with E-state index >= 15 is 0 Å². The fourth-order valence-electron chi connectivity index (χ4n) is 2.32. The Morgan fingerprint density at radius 3 is 2.50 bits per heavy atom. The quantitative estimate of drug-likeness (QED) is 0.791. The topological polar surface area (TPSA) is 69.6 Å². The van der Waals surface area contributed by atoms with Gasteiger partial charge in [-0.15, -0.1) is 0 Å². The molecule has 2 N–H and O–H groups in total. The maximum absolute atomic E-state index is 12.0. The predicted molar refractivity (Wildman–Crippen MR) is 73.9 cm³/mol. The fourth-order valence-corrected chi connectivity index (χ4v) is 2.32. The van der Waals surface area contributed by atoms with Crippen LogP contribution < -0.4 is 5.32 Å². The van der Waals surface area contributed by atoms with Gasteiger partial charge < -0.3 is 10.4 Å². The van der Waals surface area contributed by atoms with Gasteiger partial charge in [0.2, 0.25) is 0 Å². The molecule has 1 fully saturated rings. The van der Waals surface area contributed by atoms with E-state index in [0.717, 1.165) is 10.6 Å². The Labute approximate surface area is 116 Å². The highest BCUT2D eigenvalue weighted by atomic mass is 16.3. The van der Waals surface area contributed by atoms with Crippen LogP contribution in [0.2, 0.25) is 0 Å². The van der Waals surface area contributed by atoms with Crippen LogP contribution in [-0.4, -0.2) is 35.0 Å². The van der Waals surface area contributed by atoms with Crippen LogP contribution in [0.25, 0.3) is 0 Å². The van der Waals surface area contributed by atoms with Crippen LogP contribution >= 0.6 is 0 Å². The van der Waals surface area contributed by atoms with E-state index in [0.29, 0.717) is 5.92 Å². The molecule has 1 saturated carbocycles. The van der Waals surface area contributed by atoms with Crippen molar-refractivity contribution in [2.45, 2.75) is 18.8 Å². The second-order valence-corrected chi connectivity index (χ2v) is 5.10. The molecule has 0 atom stereocenters. The smallest absolute Gasteiger partial charge is 0.277 e. The molecule has 0 spiro atoms. The van der Waals surface area contributed by atoms with E-state index in [4.69, 9.17) is 5.11 Å². The molecule has 1 heterocycles. The van der Waals surface area contributed by atoms with Gasteiger partial charge >= 0.3 is 0 Å². The SMILES string of the molecule is O=C1C=C(Nc2ccc(C3CC3)cc2)C(=O)N1CCO. The zero-order valence-electron chi connectivity index (χ0n) is 11.0. The first-order chi connectivity index (χ1) is 9.69. The Balaban J connectivity index is 1.69. The van der Waals surface area contributed by atoms with E-state index in [9.17, 15) is 9.59 Å². The number of imide groups is 1. The Morgan fingerprint density at radius 2 is 1.90 bits per heavy atom. The van der Waals surface area contributed by atoms with Gasteiger partial charge in [0.15, 0.2) is 0 Å². The molecule has 0 aromatic heterocycles. The first-order valence-electron chi connectivity index (χ1n) is 6.74. The number of β-amino-alcohol motifs (C(OH)–C–C–N with tert-alkyl or cyclic N) is 1. The van der Waals surface area contributed by atoms with Gasteiger partial charge in [0.05, 0.1) is 13.2 Å². The van der Waals surface area contributed by atoms with Crippen LogP contribution in [0, 0.1) is 0 Å². The first-order valence-corrected chi connectivity index (χ1v) is 6.74. The van der Waals surface area contributed by atoms with Crippen molar-refractivity contribution in [3.8, 4) is 0 Å². The Bertz CT molecular complexity index is 573. The van der Waals surface area contributed by atoms with Crippen LogP contribution in [0.1, 0.15) is 24.3 Å². The maximum Gasteiger partial charge on any atom is 0.277 e. The minimum absolute atomic E-state index is 0.0277. The van der Waals surface area contributed by atoms with Crippen LogP contribution in [-0.2, 0) is 9.59 Å². The average Bonchev–Trinajstić information content (AvgIpc) is 3.25. The zero-order chi connectivity index (χ0) is 14.1. The summed E-state index contributed by atoms with van der Waals surface area (Å²) in [5, 5.41) is 11.8. The molecule has 3 rings (SSSR count). The molecule has 1 aliphatic heterocycles. The van der Waals surface area contributed by atoms with Crippen molar-refractivity contribution < 1.29 is 14.7 Å². The van der Waals surface area contributed by atoms with E-state index < -0.39 is 5.91 Å². The average molecular weight is 272 g/mol. The third-order valence-corrected chi connectivity index (χ3v) is 3.57. The lowest BCUT2D eigenvalue weighted by atomic mass is 10.1. The third-order valence-electron chi connectivity index (χ3n) is 3.57. The van der Waals surface area contributed by atoms with Gasteiger partial charge in [0.1, 0.15) is 5.70 Å². The summed E-state index contributed by atoms with van der Waals surface area (Å²) in [4.78, 5) is 24.6. The van der Waals surface area contributed by atoms with Gasteiger partial charge in [0.25, 0.3) is 11.8 Å². The number of hydrogen-bond acceptors (Lipinski definition) is 4. The summed E-state index contributed by atoms with van der Waals surface area (Å²) in [5.41, 5.74) is 2.36. The van der Waals surface area contributed by atoms with Gasteiger partial charge in [-0.2, -0.15) is 0 Å². The van der Waals surface area contributed by atoms with Crippen molar-refractivity contribution in [3.63, 3.8) is 0 Å². The van der Waals surface area contributed by atoms with Crippen molar-refractivity contribution >= 4 is 17.5 Å². The normalized spacial score (nSPS) is 18.4. The highest BCUT2D eigenvalue weighted by Gasteiger charge is 2.30. The summed E-state index contributed by atoms with van der Waals surface area (Å²) in [6.07, 6.45) is 3.77. The summed E-state index contributed by atoms with van der Waals surface area (Å²) in [6, 6.07) is 7.93. The number of nitrogens with one attached hydrogen (secondary N) is 1. The standard InChI is InChI=1S/C15H16N2O3/c18-8-7-17-14(19)9-13(15(17)20)16-12-5-3-11(4-6-12)10-1-2-10/h3-6,9-10,16,18H,1-2,7-8H2. The van der Waals surface area contributed by atoms with E-state index in [1.54, 1.807) is 0 Å². The molecule has 5 heteroatoms. The predicted octanol–water partition coefficient (Wildman–Crippen LogP) is 1.22. The molecule has 20 heavy (non-hydrogen) atoms. The number of aliphatic hydroxyl groups is 1. The fraction of sp³-hybridized carbons (Fsp3) is 0.333. The molecule has 1 aromatic rings. The lowest BCUT2D eigenvalue weighted by Gasteiger charge is -2.13. The Morgan fingerprint density at radius 1 is 1.20 bits per heavy atom. The number of amides is 2. The molecule has 0 saturated heterocycles. The van der Waals surface area contributed by atoms with E-state index in [2.05, 4.69) is 5.32 Å². The molecule has 2 amide bonds. The van der Waals surface area contributed by atoms with E-state index in [-0.39, 0.29) is 24.8 Å². The number of anilines is 1. The molecule has 0 unspecified atom stereocenters. The van der Waals surface area contributed by atoms with Crippen LogP contribution in [0.3, 0.4) is 0 Å². The number of carbonyl (C=O) groups excluding carboxylic acids is 2. The van der Waals surface area contributed by atoms with Gasteiger partial charge in [-0.05, 0) is 36.5 Å². The summed E-state index contributed by atoms with van der Waals surface area (Å²) in [5.74, 6) is -0.0885. The van der Waals surface area contributed by atoms with Crippen LogP contribution in [0.15, 0.2) is 36.0 Å². The number of benzene rings is 1. The van der Waals surface area contributed by atoms with Gasteiger partial charge in [0, 0.05) is 11.8 Å². The van der Waals surface area contributed by atoms with Gasteiger partial charge in [-0.25, -0.2) is 0 Å². The molecule has 104 valence electrons. The summed E-state index contributed by atoms with van der Waals surface area (Å²) < 4.78 is 0. The second kappa shape index (κ2) is 5.09. The Hall–Kier alpha value is -2.14. The van der Waals surface area contributed by atoms with Gasteiger partial charge in [-0.3, -0.25) is 14.5 Å². The number of rotatable bonds is 5. The minimum atomic E-state index is -0.393. The lowest BCUT2D eigenvalue weighted by molar-refractivity contribution is -0.137. The van der Waals surface area contributed by atoms with E-state index in [1.165, 1.54) is 24.5 Å². The van der Waals surface area contributed by atoms with Crippen molar-refractivity contribution in [1.82, 2.24) is 4.90 Å². The van der Waals surface area contributed by atoms with Crippen molar-refractivity contribution in [2.75, 3.05) is 18.5 Å². The molecule has 5 nitrogen and oxygen atoms in total. The van der Waals surface area contributed by atoms with Crippen LogP contribution in [0.4, 0.5) is 5.69 Å². The van der Waals surface area contributed by atoms with Crippen molar-refractivity contribution in [1.29, 1.82) is 0 Å². The molecule has 2 aliphatic rings. The molecule has 1 aliphatic carbocycles. The van der Waals surface area contributed by atoms with Crippen molar-refractivity contribution in [3.05, 3.63) is 41.6 Å². The minimum Gasteiger partial charge on any atom is -0.395 e. The van der Waals surface area contributed by atoms with E-state index in [1.807, 2.05) is 24.3 Å².